The number of nitrogens with one attached hydrogen (secondary N) is 1. The maximum Gasteiger partial charge on any atom is 0.259 e. The molecule has 0 aliphatic rings. The van der Waals surface area contributed by atoms with E-state index in [1.54, 1.807) is 0 Å². The van der Waals surface area contributed by atoms with E-state index >= 15 is 0 Å². The Morgan fingerprint density at radius 2 is 2.06 bits per heavy atom. The third-order valence-electron chi connectivity index (χ3n) is 1.91. The highest BCUT2D eigenvalue weighted by Crippen LogP contribution is 2.12. The fraction of sp³-hybridized carbons (Fsp3) is 0.300. The SMILES string of the molecule is COC(CBr)NC(=O)c1c(F)cccc1F. The fourth-order valence-electron chi connectivity index (χ4n) is 1.09. The van der Waals surface area contributed by atoms with E-state index in [1.807, 2.05) is 0 Å². The minimum absolute atomic E-state index is 0.325. The van der Waals surface area contributed by atoms with Crippen LogP contribution in [0.2, 0.25) is 0 Å². The summed E-state index contributed by atoms with van der Waals surface area (Å²) in [5.74, 6) is -2.65. The van der Waals surface area contributed by atoms with Gasteiger partial charge in [0.1, 0.15) is 23.4 Å². The number of benzene rings is 1. The number of alkyl halides is 1. The Kier molecular flexibility index (Phi) is 4.82. The number of carbonyl (C=O) groups excluding carboxylic acids is 1. The van der Waals surface area contributed by atoms with Crippen LogP contribution >= 0.6 is 15.9 Å². The molecule has 0 fully saturated rings. The van der Waals surface area contributed by atoms with Crippen molar-refractivity contribution in [1.82, 2.24) is 5.32 Å². The quantitative estimate of drug-likeness (QED) is 0.682. The molecule has 1 unspecified atom stereocenters. The molecule has 6 heteroatoms. The first-order chi connectivity index (χ1) is 7.60. The Labute approximate surface area is 99.9 Å². The van der Waals surface area contributed by atoms with Gasteiger partial charge in [0.15, 0.2) is 0 Å². The lowest BCUT2D eigenvalue weighted by molar-refractivity contribution is 0.0672. The van der Waals surface area contributed by atoms with E-state index in [9.17, 15) is 13.6 Å². The normalized spacial score (nSPS) is 12.2. The monoisotopic (exact) mass is 293 g/mol. The van der Waals surface area contributed by atoms with Gasteiger partial charge in [-0.2, -0.15) is 0 Å². The van der Waals surface area contributed by atoms with Crippen molar-refractivity contribution in [3.05, 3.63) is 35.4 Å². The maximum absolute atomic E-state index is 13.2. The second kappa shape index (κ2) is 5.91. The van der Waals surface area contributed by atoms with Crippen molar-refractivity contribution in [2.24, 2.45) is 0 Å². The van der Waals surface area contributed by atoms with Gasteiger partial charge in [0, 0.05) is 12.4 Å². The Balaban J connectivity index is 2.88. The highest BCUT2D eigenvalue weighted by atomic mass is 79.9. The van der Waals surface area contributed by atoms with Crippen LogP contribution in [0.25, 0.3) is 0 Å². The number of halogens is 3. The zero-order chi connectivity index (χ0) is 12.1. The third kappa shape index (κ3) is 2.99. The van der Waals surface area contributed by atoms with Gasteiger partial charge in [0.05, 0.1) is 0 Å². The highest BCUT2D eigenvalue weighted by Gasteiger charge is 2.19. The zero-order valence-electron chi connectivity index (χ0n) is 8.47. The van der Waals surface area contributed by atoms with Crippen LogP contribution in [-0.4, -0.2) is 24.6 Å². The maximum atomic E-state index is 13.2. The molecular formula is C10H10BrF2NO2. The van der Waals surface area contributed by atoms with E-state index in [-0.39, 0.29) is 0 Å². The van der Waals surface area contributed by atoms with Crippen LogP contribution in [0.4, 0.5) is 8.78 Å². The van der Waals surface area contributed by atoms with Crippen molar-refractivity contribution in [3.63, 3.8) is 0 Å². The van der Waals surface area contributed by atoms with Crippen molar-refractivity contribution >= 4 is 21.8 Å². The lowest BCUT2D eigenvalue weighted by atomic mass is 10.2. The van der Waals surface area contributed by atoms with E-state index < -0.39 is 29.3 Å². The molecule has 0 saturated heterocycles. The summed E-state index contributed by atoms with van der Waals surface area (Å²) in [5, 5.41) is 2.65. The molecule has 0 spiro atoms. The molecule has 1 atom stereocenters. The van der Waals surface area contributed by atoms with Gasteiger partial charge in [-0.25, -0.2) is 8.78 Å². The molecule has 0 radical (unpaired) electrons. The van der Waals surface area contributed by atoms with Crippen molar-refractivity contribution in [1.29, 1.82) is 0 Å². The Hall–Kier alpha value is -1.01. The first kappa shape index (κ1) is 13.1. The summed E-state index contributed by atoms with van der Waals surface area (Å²) >= 11 is 3.09. The second-order valence-corrected chi connectivity index (χ2v) is 3.60. The topological polar surface area (TPSA) is 38.3 Å². The summed E-state index contributed by atoms with van der Waals surface area (Å²) in [4.78, 5) is 11.5. The molecule has 0 saturated carbocycles. The van der Waals surface area contributed by atoms with Crippen molar-refractivity contribution in [2.75, 3.05) is 12.4 Å². The van der Waals surface area contributed by atoms with Crippen molar-refractivity contribution in [2.45, 2.75) is 6.23 Å². The molecule has 1 rings (SSSR count). The van der Waals surface area contributed by atoms with Crippen LogP contribution in [-0.2, 0) is 4.74 Å². The molecule has 1 N–H and O–H groups in total. The number of amides is 1. The Morgan fingerprint density at radius 1 is 1.50 bits per heavy atom. The van der Waals surface area contributed by atoms with Crippen LogP contribution in [0.5, 0.6) is 0 Å². The molecule has 3 nitrogen and oxygen atoms in total. The molecule has 0 heterocycles. The van der Waals surface area contributed by atoms with E-state index in [2.05, 4.69) is 21.2 Å². The summed E-state index contributed by atoms with van der Waals surface area (Å²) in [7, 11) is 1.38. The van der Waals surface area contributed by atoms with Gasteiger partial charge >= 0.3 is 0 Å². The van der Waals surface area contributed by atoms with Crippen LogP contribution in [0, 0.1) is 11.6 Å². The molecule has 0 aliphatic heterocycles. The predicted octanol–water partition coefficient (Wildman–Crippen LogP) is 2.06. The Morgan fingerprint density at radius 3 is 2.50 bits per heavy atom. The molecule has 0 bridgehead atoms. The molecule has 1 amide bonds. The smallest absolute Gasteiger partial charge is 0.259 e. The first-order valence-electron chi connectivity index (χ1n) is 4.43. The van der Waals surface area contributed by atoms with Gasteiger partial charge in [0.25, 0.3) is 5.91 Å². The predicted molar refractivity (Wildman–Crippen MR) is 58.4 cm³/mol. The van der Waals surface area contributed by atoms with E-state index in [1.165, 1.54) is 13.2 Å². The zero-order valence-corrected chi connectivity index (χ0v) is 10.1. The number of hydrogen-bond acceptors (Lipinski definition) is 2. The lowest BCUT2D eigenvalue weighted by Gasteiger charge is -2.14. The highest BCUT2D eigenvalue weighted by molar-refractivity contribution is 9.09. The van der Waals surface area contributed by atoms with Gasteiger partial charge < -0.3 is 10.1 Å². The molecular weight excluding hydrogens is 284 g/mol. The molecule has 1 aromatic carbocycles. The summed E-state index contributed by atoms with van der Waals surface area (Å²) in [5.41, 5.74) is -0.606. The number of hydrogen-bond donors (Lipinski definition) is 1. The van der Waals surface area contributed by atoms with Crippen LogP contribution in [0.3, 0.4) is 0 Å². The largest absolute Gasteiger partial charge is 0.361 e. The third-order valence-corrected chi connectivity index (χ3v) is 2.49. The van der Waals surface area contributed by atoms with Gasteiger partial charge in [-0.15, -0.1) is 0 Å². The lowest BCUT2D eigenvalue weighted by Crippen LogP contribution is -2.38. The van der Waals surface area contributed by atoms with Gasteiger partial charge in [0.2, 0.25) is 0 Å². The van der Waals surface area contributed by atoms with Crippen molar-refractivity contribution < 1.29 is 18.3 Å². The van der Waals surface area contributed by atoms with Crippen LogP contribution in [0.15, 0.2) is 18.2 Å². The van der Waals surface area contributed by atoms with E-state index in [4.69, 9.17) is 4.74 Å². The van der Waals surface area contributed by atoms with Gasteiger partial charge in [-0.05, 0) is 12.1 Å². The number of rotatable bonds is 4. The standard InChI is InChI=1S/C10H10BrF2NO2/c1-16-8(5-11)14-10(15)9-6(12)3-2-4-7(9)13/h2-4,8H,5H2,1H3,(H,14,15). The van der Waals surface area contributed by atoms with Gasteiger partial charge in [-0.1, -0.05) is 22.0 Å². The number of carbonyl (C=O) groups is 1. The fourth-order valence-corrected chi connectivity index (χ4v) is 1.52. The number of methoxy groups -OCH3 is 1. The average molecular weight is 294 g/mol. The molecule has 88 valence electrons. The van der Waals surface area contributed by atoms with Crippen molar-refractivity contribution in [3.8, 4) is 0 Å². The average Bonchev–Trinajstić information content (AvgIpc) is 2.25. The van der Waals surface area contributed by atoms with Crippen LogP contribution in [0.1, 0.15) is 10.4 Å². The van der Waals surface area contributed by atoms with E-state index in [0.29, 0.717) is 5.33 Å². The minimum Gasteiger partial charge on any atom is -0.361 e. The molecule has 16 heavy (non-hydrogen) atoms. The van der Waals surface area contributed by atoms with Crippen LogP contribution < -0.4 is 5.32 Å². The Bertz CT molecular complexity index is 363. The number of ether oxygens (including phenoxy) is 1. The summed E-state index contributed by atoms with van der Waals surface area (Å²) in [6.07, 6.45) is -0.633. The second-order valence-electron chi connectivity index (χ2n) is 2.95. The summed E-state index contributed by atoms with van der Waals surface area (Å²) in [6.45, 7) is 0. The van der Waals surface area contributed by atoms with Gasteiger partial charge in [-0.3, -0.25) is 4.79 Å². The first-order valence-corrected chi connectivity index (χ1v) is 5.56. The summed E-state index contributed by atoms with van der Waals surface area (Å²) in [6, 6.07) is 3.24. The molecule has 0 aliphatic carbocycles. The molecule has 0 aromatic heterocycles. The summed E-state index contributed by atoms with van der Waals surface area (Å²) < 4.78 is 31.3. The minimum atomic E-state index is -0.901. The van der Waals surface area contributed by atoms with E-state index in [0.717, 1.165) is 12.1 Å². The molecule has 1 aromatic rings.